The molecule has 0 bridgehead atoms. The van der Waals surface area contributed by atoms with Crippen LogP contribution in [0.15, 0.2) is 30.5 Å². The highest BCUT2D eigenvalue weighted by Crippen LogP contribution is 2.15. The molecule has 1 aromatic rings. The van der Waals surface area contributed by atoms with E-state index in [4.69, 9.17) is 14.2 Å². The van der Waals surface area contributed by atoms with E-state index in [9.17, 15) is 0 Å². The largest absolute Gasteiger partial charge is 0.497 e. The Bertz CT molecular complexity index is 350. The van der Waals surface area contributed by atoms with Crippen LogP contribution in [0.5, 0.6) is 5.75 Å². The number of hydrogen-bond acceptors (Lipinski definition) is 3. The van der Waals surface area contributed by atoms with Crippen molar-refractivity contribution in [2.24, 2.45) is 0 Å². The molecule has 0 aliphatic carbocycles. The number of ether oxygens (including phenoxy) is 3. The van der Waals surface area contributed by atoms with Crippen LogP contribution in [0.2, 0.25) is 0 Å². The molecule has 92 valence electrons. The lowest BCUT2D eigenvalue weighted by Crippen LogP contribution is -2.19. The quantitative estimate of drug-likeness (QED) is 0.749. The lowest BCUT2D eigenvalue weighted by Gasteiger charge is -2.21. The third-order valence-electron chi connectivity index (χ3n) is 2.74. The van der Waals surface area contributed by atoms with Crippen LogP contribution in [0, 0.1) is 0 Å². The summed E-state index contributed by atoms with van der Waals surface area (Å²) in [6.45, 7) is 0.807. The molecule has 1 aliphatic rings. The topological polar surface area (TPSA) is 27.7 Å². The van der Waals surface area contributed by atoms with Crippen LogP contribution >= 0.6 is 0 Å². The van der Waals surface area contributed by atoms with Crippen molar-refractivity contribution in [3.8, 4) is 5.75 Å². The second kappa shape index (κ2) is 6.30. The summed E-state index contributed by atoms with van der Waals surface area (Å²) in [7, 11) is 1.66. The molecule has 1 fully saturated rings. The molecule has 2 rings (SSSR count). The van der Waals surface area contributed by atoms with Crippen LogP contribution < -0.4 is 4.74 Å². The lowest BCUT2D eigenvalue weighted by atomic mass is 10.2. The fraction of sp³-hybridized carbons (Fsp3) is 0.429. The zero-order chi connectivity index (χ0) is 11.9. The van der Waals surface area contributed by atoms with E-state index in [-0.39, 0.29) is 6.29 Å². The minimum Gasteiger partial charge on any atom is -0.497 e. The van der Waals surface area contributed by atoms with Gasteiger partial charge in [-0.05, 0) is 36.6 Å². The van der Waals surface area contributed by atoms with Crippen molar-refractivity contribution in [3.63, 3.8) is 0 Å². The van der Waals surface area contributed by atoms with Crippen LogP contribution in [0.25, 0.3) is 6.08 Å². The summed E-state index contributed by atoms with van der Waals surface area (Å²) in [4.78, 5) is 0. The molecule has 1 atom stereocenters. The molecule has 0 amide bonds. The molecule has 0 spiro atoms. The summed E-state index contributed by atoms with van der Waals surface area (Å²) >= 11 is 0. The van der Waals surface area contributed by atoms with E-state index in [0.29, 0.717) is 0 Å². The average Bonchev–Trinajstić information content (AvgIpc) is 2.41. The Kier molecular flexibility index (Phi) is 4.45. The molecule has 1 saturated heterocycles. The van der Waals surface area contributed by atoms with Crippen LogP contribution in [-0.4, -0.2) is 20.0 Å². The zero-order valence-corrected chi connectivity index (χ0v) is 10.1. The number of hydrogen-bond donors (Lipinski definition) is 0. The van der Waals surface area contributed by atoms with Gasteiger partial charge in [-0.2, -0.15) is 0 Å². The molecule has 17 heavy (non-hydrogen) atoms. The first-order chi connectivity index (χ1) is 8.38. The SMILES string of the molecule is COc1ccc(C=COC2CCCCO2)cc1. The van der Waals surface area contributed by atoms with Crippen molar-refractivity contribution < 1.29 is 14.2 Å². The van der Waals surface area contributed by atoms with E-state index in [1.54, 1.807) is 13.4 Å². The van der Waals surface area contributed by atoms with Crippen molar-refractivity contribution in [3.05, 3.63) is 36.1 Å². The van der Waals surface area contributed by atoms with Crippen molar-refractivity contribution in [1.82, 2.24) is 0 Å². The molecule has 1 heterocycles. The number of benzene rings is 1. The number of methoxy groups -OCH3 is 1. The predicted octanol–water partition coefficient (Wildman–Crippen LogP) is 3.21. The molecule has 3 heteroatoms. The van der Waals surface area contributed by atoms with Gasteiger partial charge in [-0.1, -0.05) is 12.1 Å². The molecule has 1 aliphatic heterocycles. The van der Waals surface area contributed by atoms with Gasteiger partial charge in [-0.25, -0.2) is 0 Å². The molecule has 3 nitrogen and oxygen atoms in total. The van der Waals surface area contributed by atoms with Crippen LogP contribution in [0.1, 0.15) is 24.8 Å². The first kappa shape index (κ1) is 12.0. The van der Waals surface area contributed by atoms with Gasteiger partial charge in [0.15, 0.2) is 6.29 Å². The van der Waals surface area contributed by atoms with Gasteiger partial charge in [-0.3, -0.25) is 0 Å². The van der Waals surface area contributed by atoms with Crippen LogP contribution in [-0.2, 0) is 9.47 Å². The highest BCUT2D eigenvalue weighted by atomic mass is 16.7. The molecule has 0 saturated carbocycles. The summed E-state index contributed by atoms with van der Waals surface area (Å²) in [5.74, 6) is 0.860. The van der Waals surface area contributed by atoms with Gasteiger partial charge in [0.25, 0.3) is 0 Å². The second-order valence-electron chi connectivity index (χ2n) is 4.01. The van der Waals surface area contributed by atoms with Gasteiger partial charge in [0.2, 0.25) is 0 Å². The highest BCUT2D eigenvalue weighted by Gasteiger charge is 2.12. The molecule has 1 unspecified atom stereocenters. The maximum Gasteiger partial charge on any atom is 0.198 e. The smallest absolute Gasteiger partial charge is 0.198 e. The first-order valence-corrected chi connectivity index (χ1v) is 5.96. The summed E-state index contributed by atoms with van der Waals surface area (Å²) in [5.41, 5.74) is 1.08. The first-order valence-electron chi connectivity index (χ1n) is 5.96. The van der Waals surface area contributed by atoms with E-state index in [1.807, 2.05) is 30.3 Å². The van der Waals surface area contributed by atoms with E-state index in [2.05, 4.69) is 0 Å². The lowest BCUT2D eigenvalue weighted by molar-refractivity contribution is -0.129. The van der Waals surface area contributed by atoms with Crippen LogP contribution in [0.4, 0.5) is 0 Å². The number of rotatable bonds is 4. The standard InChI is InChI=1S/C14H18O3/c1-15-13-7-5-12(6-8-13)9-11-17-14-4-2-3-10-16-14/h5-9,11,14H,2-4,10H2,1H3. The van der Waals surface area contributed by atoms with Crippen molar-refractivity contribution in [1.29, 1.82) is 0 Å². The molecule has 0 aromatic heterocycles. The van der Waals surface area contributed by atoms with E-state index >= 15 is 0 Å². The third kappa shape index (κ3) is 3.79. The zero-order valence-electron chi connectivity index (χ0n) is 10.1. The summed E-state index contributed by atoms with van der Waals surface area (Å²) < 4.78 is 16.1. The fourth-order valence-corrected chi connectivity index (χ4v) is 1.74. The second-order valence-corrected chi connectivity index (χ2v) is 4.01. The summed E-state index contributed by atoms with van der Waals surface area (Å²) in [6, 6.07) is 7.83. The van der Waals surface area contributed by atoms with Gasteiger partial charge in [-0.15, -0.1) is 0 Å². The Hall–Kier alpha value is -1.48. The highest BCUT2D eigenvalue weighted by molar-refractivity contribution is 5.49. The Morgan fingerprint density at radius 3 is 2.71 bits per heavy atom. The molecule has 0 radical (unpaired) electrons. The molecule has 1 aromatic carbocycles. The summed E-state index contributed by atoms with van der Waals surface area (Å²) in [5, 5.41) is 0. The third-order valence-corrected chi connectivity index (χ3v) is 2.74. The fourth-order valence-electron chi connectivity index (χ4n) is 1.74. The Balaban J connectivity index is 1.82. The minimum absolute atomic E-state index is 0.0711. The van der Waals surface area contributed by atoms with Gasteiger partial charge in [0.1, 0.15) is 5.75 Å². The summed E-state index contributed by atoms with van der Waals surface area (Å²) in [6.07, 6.45) is 6.86. The average molecular weight is 234 g/mol. The molecule has 0 N–H and O–H groups in total. The van der Waals surface area contributed by atoms with Crippen molar-refractivity contribution >= 4 is 6.08 Å². The van der Waals surface area contributed by atoms with E-state index in [1.165, 1.54) is 6.42 Å². The molecular formula is C14H18O3. The van der Waals surface area contributed by atoms with Crippen LogP contribution in [0.3, 0.4) is 0 Å². The van der Waals surface area contributed by atoms with E-state index in [0.717, 1.165) is 30.8 Å². The Morgan fingerprint density at radius 2 is 2.06 bits per heavy atom. The molecular weight excluding hydrogens is 216 g/mol. The van der Waals surface area contributed by atoms with Crippen molar-refractivity contribution in [2.75, 3.05) is 13.7 Å². The van der Waals surface area contributed by atoms with E-state index < -0.39 is 0 Å². The van der Waals surface area contributed by atoms with Gasteiger partial charge >= 0.3 is 0 Å². The van der Waals surface area contributed by atoms with Crippen molar-refractivity contribution in [2.45, 2.75) is 25.6 Å². The minimum atomic E-state index is -0.0711. The monoisotopic (exact) mass is 234 g/mol. The Morgan fingerprint density at radius 1 is 1.24 bits per heavy atom. The predicted molar refractivity (Wildman–Crippen MR) is 66.7 cm³/mol. The maximum atomic E-state index is 5.51. The van der Waals surface area contributed by atoms with Gasteiger partial charge in [0.05, 0.1) is 20.0 Å². The Labute approximate surface area is 102 Å². The normalized spacial score (nSPS) is 20.4. The van der Waals surface area contributed by atoms with Gasteiger partial charge in [0, 0.05) is 6.42 Å². The van der Waals surface area contributed by atoms with Gasteiger partial charge < -0.3 is 14.2 Å². The maximum absolute atomic E-state index is 5.51.